The van der Waals surface area contributed by atoms with E-state index in [0.717, 1.165) is 17.0 Å². The van der Waals surface area contributed by atoms with E-state index in [2.05, 4.69) is 5.32 Å². The van der Waals surface area contributed by atoms with Crippen LogP contribution in [-0.4, -0.2) is 69.7 Å². The first-order chi connectivity index (χ1) is 17.1. The summed E-state index contributed by atoms with van der Waals surface area (Å²) in [5.74, 6) is -2.46. The molecule has 0 radical (unpaired) electrons. The summed E-state index contributed by atoms with van der Waals surface area (Å²) in [6.07, 6.45) is 0.224. The van der Waals surface area contributed by atoms with Crippen LogP contribution in [0.5, 0.6) is 0 Å². The zero-order chi connectivity index (χ0) is 26.7. The summed E-state index contributed by atoms with van der Waals surface area (Å²) in [6.45, 7) is 3.30. The van der Waals surface area contributed by atoms with Crippen molar-refractivity contribution in [1.29, 1.82) is 0 Å². The van der Waals surface area contributed by atoms with Crippen molar-refractivity contribution < 1.29 is 29.2 Å². The van der Waals surface area contributed by atoms with Gasteiger partial charge < -0.3 is 20.2 Å². The van der Waals surface area contributed by atoms with Crippen LogP contribution in [0, 0.1) is 16.0 Å². The van der Waals surface area contributed by atoms with Gasteiger partial charge in [-0.25, -0.2) is 0 Å². The first-order valence-electron chi connectivity index (χ1n) is 11.4. The van der Waals surface area contributed by atoms with E-state index in [1.54, 1.807) is 24.3 Å². The quantitative estimate of drug-likeness (QED) is 0.318. The van der Waals surface area contributed by atoms with Gasteiger partial charge in [-0.3, -0.25) is 29.3 Å². The second-order valence-corrected chi connectivity index (χ2v) is 8.59. The van der Waals surface area contributed by atoms with Crippen LogP contribution in [0.1, 0.15) is 37.0 Å². The molecule has 0 saturated carbocycles. The molecule has 2 aromatic carbocycles. The van der Waals surface area contributed by atoms with Crippen molar-refractivity contribution in [2.45, 2.75) is 26.7 Å². The molecule has 0 unspecified atom stereocenters. The lowest BCUT2D eigenvalue weighted by Crippen LogP contribution is -2.46. The van der Waals surface area contributed by atoms with Gasteiger partial charge in [0.2, 0.25) is 11.8 Å². The number of aliphatic carboxylic acids is 1. The number of amides is 3. The van der Waals surface area contributed by atoms with Gasteiger partial charge in [0.15, 0.2) is 0 Å². The number of nitrogens with zero attached hydrogens (tertiary/aromatic N) is 3. The van der Waals surface area contributed by atoms with Crippen molar-refractivity contribution in [2.75, 3.05) is 31.5 Å². The molecule has 0 heterocycles. The summed E-state index contributed by atoms with van der Waals surface area (Å²) < 4.78 is 0. The molecule has 0 spiro atoms. The molecular formula is C25H30N4O7. The van der Waals surface area contributed by atoms with E-state index in [1.807, 2.05) is 19.9 Å². The molecule has 0 aliphatic heterocycles. The third-order valence-electron chi connectivity index (χ3n) is 5.26. The third-order valence-corrected chi connectivity index (χ3v) is 5.26. The van der Waals surface area contributed by atoms with E-state index in [9.17, 15) is 29.3 Å². The number of nitro groups is 1. The lowest BCUT2D eigenvalue weighted by molar-refractivity contribution is -0.384. The number of non-ortho nitro benzene ring substituents is 1. The minimum absolute atomic E-state index is 0.0781. The number of anilines is 1. The van der Waals surface area contributed by atoms with Crippen molar-refractivity contribution in [3.63, 3.8) is 0 Å². The summed E-state index contributed by atoms with van der Waals surface area (Å²) in [5.41, 5.74) is 0.452. The van der Waals surface area contributed by atoms with E-state index >= 15 is 0 Å². The van der Waals surface area contributed by atoms with Crippen LogP contribution >= 0.6 is 0 Å². The highest BCUT2D eigenvalue weighted by Gasteiger charge is 2.25. The standard InChI is InChI=1S/C25H30N4O7/c1-18(2)12-14-27(16-22(30)26-20-6-4-3-5-7-20)23(31)17-28(15-13-24(32)33)25(34)19-8-10-21(11-9-19)29(35)36/h3-11,18H,12-17H2,1-2H3,(H,26,30)(H,32,33). The van der Waals surface area contributed by atoms with Gasteiger partial charge in [-0.1, -0.05) is 32.0 Å². The van der Waals surface area contributed by atoms with Crippen LogP contribution in [0.4, 0.5) is 11.4 Å². The van der Waals surface area contributed by atoms with Gasteiger partial charge in [0.1, 0.15) is 6.54 Å². The largest absolute Gasteiger partial charge is 0.481 e. The minimum atomic E-state index is -1.15. The fourth-order valence-corrected chi connectivity index (χ4v) is 3.26. The molecule has 36 heavy (non-hydrogen) atoms. The molecule has 2 aromatic rings. The molecule has 0 aliphatic rings. The number of carboxylic acid groups (broad SMARTS) is 1. The van der Waals surface area contributed by atoms with Crippen molar-refractivity contribution in [2.24, 2.45) is 5.92 Å². The van der Waals surface area contributed by atoms with Crippen molar-refractivity contribution in [1.82, 2.24) is 9.80 Å². The first-order valence-corrected chi connectivity index (χ1v) is 11.4. The number of carbonyl (C=O) groups excluding carboxylic acids is 3. The second kappa shape index (κ2) is 13.6. The maximum atomic E-state index is 13.2. The Morgan fingerprint density at radius 2 is 1.58 bits per heavy atom. The zero-order valence-electron chi connectivity index (χ0n) is 20.3. The number of carbonyl (C=O) groups is 4. The number of para-hydroxylation sites is 1. The van der Waals surface area contributed by atoms with Crippen LogP contribution in [0.3, 0.4) is 0 Å². The lowest BCUT2D eigenvalue weighted by atomic mass is 10.1. The smallest absolute Gasteiger partial charge is 0.305 e. The molecule has 0 aliphatic carbocycles. The molecule has 3 amide bonds. The lowest BCUT2D eigenvalue weighted by Gasteiger charge is -2.28. The Kier molecular flexibility index (Phi) is 10.5. The molecule has 0 fully saturated rings. The number of rotatable bonds is 13. The highest BCUT2D eigenvalue weighted by molar-refractivity contribution is 5.98. The first kappa shape index (κ1) is 28.0. The Morgan fingerprint density at radius 1 is 0.944 bits per heavy atom. The number of nitrogens with one attached hydrogen (secondary N) is 1. The minimum Gasteiger partial charge on any atom is -0.481 e. The molecule has 0 atom stereocenters. The van der Waals surface area contributed by atoms with Crippen LogP contribution in [-0.2, 0) is 14.4 Å². The predicted octanol–water partition coefficient (Wildman–Crippen LogP) is 3.03. The molecular weight excluding hydrogens is 468 g/mol. The van der Waals surface area contributed by atoms with E-state index in [1.165, 1.54) is 17.0 Å². The Hall–Kier alpha value is -4.28. The highest BCUT2D eigenvalue weighted by Crippen LogP contribution is 2.15. The topological polar surface area (TPSA) is 150 Å². The number of carboxylic acids is 1. The number of hydrogen-bond donors (Lipinski definition) is 2. The normalized spacial score (nSPS) is 10.5. The third kappa shape index (κ3) is 9.16. The summed E-state index contributed by atoms with van der Waals surface area (Å²) in [7, 11) is 0. The van der Waals surface area contributed by atoms with Gasteiger partial charge in [0.25, 0.3) is 11.6 Å². The Morgan fingerprint density at radius 3 is 2.14 bits per heavy atom. The van der Waals surface area contributed by atoms with Crippen LogP contribution in [0.2, 0.25) is 0 Å². The maximum Gasteiger partial charge on any atom is 0.305 e. The molecule has 192 valence electrons. The van der Waals surface area contributed by atoms with E-state index < -0.39 is 41.6 Å². The Balaban J connectivity index is 2.18. The number of hydrogen-bond acceptors (Lipinski definition) is 6. The molecule has 0 saturated heterocycles. The van der Waals surface area contributed by atoms with Crippen molar-refractivity contribution in [3.05, 3.63) is 70.3 Å². The summed E-state index contributed by atoms with van der Waals surface area (Å²) in [6, 6.07) is 13.6. The van der Waals surface area contributed by atoms with Crippen molar-refractivity contribution in [3.8, 4) is 0 Å². The van der Waals surface area contributed by atoms with Crippen LogP contribution < -0.4 is 5.32 Å². The molecule has 0 bridgehead atoms. The Labute approximate surface area is 208 Å². The van der Waals surface area contributed by atoms with Gasteiger partial charge in [0, 0.05) is 36.5 Å². The highest BCUT2D eigenvalue weighted by atomic mass is 16.6. The summed E-state index contributed by atoms with van der Waals surface area (Å²) >= 11 is 0. The average molecular weight is 499 g/mol. The molecule has 11 heteroatoms. The van der Waals surface area contributed by atoms with Gasteiger partial charge in [0.05, 0.1) is 17.9 Å². The fraction of sp³-hybridized carbons (Fsp3) is 0.360. The molecule has 0 aromatic heterocycles. The maximum absolute atomic E-state index is 13.2. The van der Waals surface area contributed by atoms with Crippen LogP contribution in [0.25, 0.3) is 0 Å². The molecule has 11 nitrogen and oxygen atoms in total. The second-order valence-electron chi connectivity index (χ2n) is 8.59. The number of nitro benzene ring substituents is 1. The monoisotopic (exact) mass is 498 g/mol. The van der Waals surface area contributed by atoms with Gasteiger partial charge in [-0.15, -0.1) is 0 Å². The SMILES string of the molecule is CC(C)CCN(CC(=O)Nc1ccccc1)C(=O)CN(CCC(=O)O)C(=O)c1ccc([N+](=O)[O-])cc1. The van der Waals surface area contributed by atoms with Crippen LogP contribution in [0.15, 0.2) is 54.6 Å². The van der Waals surface area contributed by atoms with Gasteiger partial charge in [-0.05, 0) is 36.6 Å². The van der Waals surface area contributed by atoms with E-state index in [4.69, 9.17) is 5.11 Å². The van der Waals surface area contributed by atoms with E-state index in [-0.39, 0.29) is 36.8 Å². The summed E-state index contributed by atoms with van der Waals surface area (Å²) in [4.78, 5) is 62.7. The zero-order valence-corrected chi connectivity index (χ0v) is 20.3. The predicted molar refractivity (Wildman–Crippen MR) is 132 cm³/mol. The number of benzene rings is 2. The van der Waals surface area contributed by atoms with Gasteiger partial charge in [-0.2, -0.15) is 0 Å². The van der Waals surface area contributed by atoms with Crippen molar-refractivity contribution >= 4 is 35.1 Å². The fourth-order valence-electron chi connectivity index (χ4n) is 3.26. The molecule has 2 rings (SSSR count). The average Bonchev–Trinajstić information content (AvgIpc) is 2.84. The van der Waals surface area contributed by atoms with E-state index in [0.29, 0.717) is 12.1 Å². The molecule has 2 N–H and O–H groups in total. The van der Waals surface area contributed by atoms with Gasteiger partial charge >= 0.3 is 5.97 Å². The Bertz CT molecular complexity index is 1070. The summed E-state index contributed by atoms with van der Waals surface area (Å²) in [5, 5.41) is 22.7.